The van der Waals surface area contributed by atoms with Crippen LogP contribution in [-0.4, -0.2) is 0 Å². The molecule has 8 aromatic carbocycles. The maximum Gasteiger partial charge on any atom is 0.0546 e. The zero-order valence-corrected chi connectivity index (χ0v) is 24.8. The number of hydrogen-bond donors (Lipinski definition) is 0. The minimum Gasteiger partial charge on any atom is -0.310 e. The maximum absolute atomic E-state index is 2.42. The molecule has 0 atom stereocenters. The molecule has 1 heteroatoms. The summed E-state index contributed by atoms with van der Waals surface area (Å²) in [6.45, 7) is 0. The number of nitrogens with zero attached hydrogens (tertiary/aromatic N) is 1. The Morgan fingerprint density at radius 2 is 0.822 bits per heavy atom. The van der Waals surface area contributed by atoms with Crippen molar-refractivity contribution < 1.29 is 0 Å². The fraction of sp³-hybridized carbons (Fsp3) is 0. The second kappa shape index (κ2) is 11.6. The van der Waals surface area contributed by atoms with Crippen LogP contribution in [0.3, 0.4) is 0 Å². The Hall–Kier alpha value is -5.92. The third kappa shape index (κ3) is 5.15. The third-order valence-corrected chi connectivity index (χ3v) is 8.63. The van der Waals surface area contributed by atoms with Gasteiger partial charge in [0.1, 0.15) is 0 Å². The molecule has 8 rings (SSSR count). The first-order valence-electron chi connectivity index (χ1n) is 15.4. The van der Waals surface area contributed by atoms with Crippen molar-refractivity contribution in [3.63, 3.8) is 0 Å². The summed E-state index contributed by atoms with van der Waals surface area (Å²) >= 11 is 0. The zero-order chi connectivity index (χ0) is 30.0. The van der Waals surface area contributed by atoms with E-state index in [-0.39, 0.29) is 0 Å². The Labute approximate surface area is 264 Å². The van der Waals surface area contributed by atoms with E-state index in [0.29, 0.717) is 0 Å². The Morgan fingerprint density at radius 3 is 1.56 bits per heavy atom. The topological polar surface area (TPSA) is 3.24 Å². The number of anilines is 3. The summed E-state index contributed by atoms with van der Waals surface area (Å²) in [6, 6.07) is 67.8. The molecule has 0 bridgehead atoms. The molecule has 0 fully saturated rings. The minimum absolute atomic E-state index is 1.11. The lowest BCUT2D eigenvalue weighted by molar-refractivity contribution is 1.29. The average Bonchev–Trinajstić information content (AvgIpc) is 3.12. The van der Waals surface area contributed by atoms with Crippen molar-refractivity contribution in [3.8, 4) is 33.4 Å². The highest BCUT2D eigenvalue weighted by molar-refractivity contribution is 6.05. The van der Waals surface area contributed by atoms with Crippen molar-refractivity contribution in [2.24, 2.45) is 0 Å². The Balaban J connectivity index is 1.39. The first kappa shape index (κ1) is 26.7. The van der Waals surface area contributed by atoms with E-state index in [1.54, 1.807) is 0 Å². The normalized spacial score (nSPS) is 11.1. The molecule has 0 N–H and O–H groups in total. The van der Waals surface area contributed by atoms with E-state index in [4.69, 9.17) is 0 Å². The van der Waals surface area contributed by atoms with Gasteiger partial charge in [-0.25, -0.2) is 0 Å². The van der Waals surface area contributed by atoms with Gasteiger partial charge in [-0.3, -0.25) is 0 Å². The molecule has 0 amide bonds. The molecule has 0 spiro atoms. The van der Waals surface area contributed by atoms with Gasteiger partial charge in [0.25, 0.3) is 0 Å². The monoisotopic (exact) mass is 573 g/mol. The van der Waals surface area contributed by atoms with Gasteiger partial charge < -0.3 is 4.90 Å². The predicted molar refractivity (Wildman–Crippen MR) is 192 cm³/mol. The molecule has 1 nitrogen and oxygen atoms in total. The average molecular weight is 574 g/mol. The number of benzene rings is 8. The van der Waals surface area contributed by atoms with Crippen molar-refractivity contribution in [1.29, 1.82) is 0 Å². The second-order valence-electron chi connectivity index (χ2n) is 11.4. The highest BCUT2D eigenvalue weighted by atomic mass is 15.1. The molecule has 45 heavy (non-hydrogen) atoms. The predicted octanol–water partition coefficient (Wildman–Crippen LogP) is 12.5. The quantitative estimate of drug-likeness (QED) is 0.191. The lowest BCUT2D eigenvalue weighted by Crippen LogP contribution is -2.11. The lowest BCUT2D eigenvalue weighted by Gasteiger charge is -2.29. The van der Waals surface area contributed by atoms with Gasteiger partial charge >= 0.3 is 0 Å². The number of fused-ring (bicyclic) bond motifs is 2. The summed E-state index contributed by atoms with van der Waals surface area (Å²) in [4.78, 5) is 2.42. The second-order valence-corrected chi connectivity index (χ2v) is 11.4. The van der Waals surface area contributed by atoms with Crippen LogP contribution in [0.4, 0.5) is 17.1 Å². The van der Waals surface area contributed by atoms with Crippen LogP contribution in [-0.2, 0) is 0 Å². The van der Waals surface area contributed by atoms with Crippen LogP contribution in [0.2, 0.25) is 0 Å². The van der Waals surface area contributed by atoms with Crippen LogP contribution < -0.4 is 4.90 Å². The van der Waals surface area contributed by atoms with E-state index >= 15 is 0 Å². The Morgan fingerprint density at radius 1 is 0.289 bits per heavy atom. The van der Waals surface area contributed by atoms with Crippen molar-refractivity contribution in [1.82, 2.24) is 0 Å². The van der Waals surface area contributed by atoms with Crippen molar-refractivity contribution in [2.45, 2.75) is 0 Å². The molecule has 0 heterocycles. The number of rotatable bonds is 6. The summed E-state index contributed by atoms with van der Waals surface area (Å²) in [7, 11) is 0. The van der Waals surface area contributed by atoms with E-state index in [0.717, 1.165) is 17.1 Å². The Kier molecular flexibility index (Phi) is 6.90. The van der Waals surface area contributed by atoms with Crippen molar-refractivity contribution in [2.75, 3.05) is 4.90 Å². The molecular weight excluding hydrogens is 542 g/mol. The first-order valence-corrected chi connectivity index (χ1v) is 15.4. The molecule has 0 saturated carbocycles. The molecule has 8 aromatic rings. The summed E-state index contributed by atoms with van der Waals surface area (Å²) in [5.41, 5.74) is 10.6. The summed E-state index contributed by atoms with van der Waals surface area (Å²) in [5.74, 6) is 0. The first-order chi connectivity index (χ1) is 22.3. The van der Waals surface area contributed by atoms with Crippen LogP contribution in [0.1, 0.15) is 0 Å². The fourth-order valence-electron chi connectivity index (χ4n) is 6.41. The maximum atomic E-state index is 2.42. The van der Waals surface area contributed by atoms with Gasteiger partial charge in [-0.1, -0.05) is 152 Å². The van der Waals surface area contributed by atoms with E-state index in [9.17, 15) is 0 Å². The van der Waals surface area contributed by atoms with Crippen LogP contribution in [0.15, 0.2) is 188 Å². The van der Waals surface area contributed by atoms with Gasteiger partial charge in [0.15, 0.2) is 0 Å². The number of hydrogen-bond acceptors (Lipinski definition) is 1. The molecule has 0 aliphatic heterocycles. The smallest absolute Gasteiger partial charge is 0.0546 e. The van der Waals surface area contributed by atoms with Crippen LogP contribution >= 0.6 is 0 Å². The molecule has 0 saturated heterocycles. The van der Waals surface area contributed by atoms with E-state index in [2.05, 4.69) is 193 Å². The van der Waals surface area contributed by atoms with Gasteiger partial charge in [0.2, 0.25) is 0 Å². The highest BCUT2D eigenvalue weighted by Gasteiger charge is 2.20. The molecule has 0 aliphatic carbocycles. The largest absolute Gasteiger partial charge is 0.310 e. The van der Waals surface area contributed by atoms with Crippen molar-refractivity contribution >= 4 is 38.6 Å². The van der Waals surface area contributed by atoms with Gasteiger partial charge in [-0.15, -0.1) is 0 Å². The van der Waals surface area contributed by atoms with Crippen LogP contribution in [0, 0.1) is 0 Å². The molecule has 0 unspecified atom stereocenters. The lowest BCUT2D eigenvalue weighted by atomic mass is 9.93. The standard InChI is InChI=1S/C44H31N/c1-3-13-32(14-4-1)34-25-27-39(28-26-34)45(40-22-11-21-36(29-40)33-15-5-2-6-16-33)44-31-38-19-8-7-18-37(38)30-43(44)42-24-12-20-35-17-9-10-23-41(35)42/h1-31H. The molecule has 0 radical (unpaired) electrons. The third-order valence-electron chi connectivity index (χ3n) is 8.63. The molecule has 0 aliphatic rings. The van der Waals surface area contributed by atoms with Crippen LogP contribution in [0.25, 0.3) is 54.9 Å². The van der Waals surface area contributed by atoms with Crippen LogP contribution in [0.5, 0.6) is 0 Å². The summed E-state index contributed by atoms with van der Waals surface area (Å²) in [5, 5.41) is 4.91. The van der Waals surface area contributed by atoms with Crippen molar-refractivity contribution in [3.05, 3.63) is 188 Å². The van der Waals surface area contributed by atoms with Gasteiger partial charge in [0.05, 0.1) is 5.69 Å². The SMILES string of the molecule is c1ccc(-c2ccc(N(c3cccc(-c4ccccc4)c3)c3cc4ccccc4cc3-c3cccc4ccccc34)cc2)cc1. The van der Waals surface area contributed by atoms with E-state index in [1.807, 2.05) is 0 Å². The molecule has 212 valence electrons. The van der Waals surface area contributed by atoms with Gasteiger partial charge in [0, 0.05) is 16.9 Å². The molecule has 0 aromatic heterocycles. The summed E-state index contributed by atoms with van der Waals surface area (Å²) in [6.07, 6.45) is 0. The molecular formula is C44H31N. The Bertz CT molecular complexity index is 2250. The van der Waals surface area contributed by atoms with E-state index < -0.39 is 0 Å². The van der Waals surface area contributed by atoms with E-state index in [1.165, 1.54) is 54.9 Å². The minimum atomic E-state index is 1.11. The van der Waals surface area contributed by atoms with Gasteiger partial charge in [-0.2, -0.15) is 0 Å². The highest BCUT2D eigenvalue weighted by Crippen LogP contribution is 2.45. The zero-order valence-electron chi connectivity index (χ0n) is 24.8. The fourth-order valence-corrected chi connectivity index (χ4v) is 6.41. The van der Waals surface area contributed by atoms with Gasteiger partial charge in [-0.05, 0) is 85.8 Å². The summed E-state index contributed by atoms with van der Waals surface area (Å²) < 4.78 is 0.